The summed E-state index contributed by atoms with van der Waals surface area (Å²) in [6.07, 6.45) is 2.01. The predicted octanol–water partition coefficient (Wildman–Crippen LogP) is 4.29. The number of hydrogen-bond donors (Lipinski definition) is 1. The van der Waals surface area contributed by atoms with Gasteiger partial charge in [-0.05, 0) is 37.1 Å². The molecule has 6 heteroatoms. The van der Waals surface area contributed by atoms with Gasteiger partial charge in [-0.3, -0.25) is 4.79 Å². The third kappa shape index (κ3) is 3.86. The number of carbonyl (C=O) groups excluding carboxylic acids is 1. The van der Waals surface area contributed by atoms with Crippen molar-refractivity contribution in [2.75, 3.05) is 18.5 Å². The van der Waals surface area contributed by atoms with Crippen molar-refractivity contribution in [2.24, 2.45) is 0 Å². The first kappa shape index (κ1) is 16.7. The lowest BCUT2D eigenvalue weighted by Gasteiger charge is -2.15. The molecule has 0 spiro atoms. The Balaban J connectivity index is 1.73. The second kappa shape index (κ2) is 7.64. The standard InChI is InChI=1S/C18H17ClFNO3/c19-14-7-3-8-15(17(14)20)21-18(22)13-6-1-2-9-16(13)24-11-12-5-4-10-23-12/h1-3,6-9,12H,4-5,10-11H2,(H,21,22). The molecule has 3 rings (SSSR count). The van der Waals surface area contributed by atoms with E-state index in [4.69, 9.17) is 21.1 Å². The number of carbonyl (C=O) groups is 1. The van der Waals surface area contributed by atoms with Crippen LogP contribution in [0.4, 0.5) is 10.1 Å². The van der Waals surface area contributed by atoms with Gasteiger partial charge in [-0.1, -0.05) is 29.8 Å². The summed E-state index contributed by atoms with van der Waals surface area (Å²) in [5, 5.41) is 2.48. The Hall–Kier alpha value is -2.11. The van der Waals surface area contributed by atoms with E-state index >= 15 is 0 Å². The lowest BCUT2D eigenvalue weighted by molar-refractivity contribution is 0.0673. The van der Waals surface area contributed by atoms with Crippen molar-refractivity contribution < 1.29 is 18.7 Å². The fourth-order valence-corrected chi connectivity index (χ4v) is 2.70. The fraction of sp³-hybridized carbons (Fsp3) is 0.278. The van der Waals surface area contributed by atoms with E-state index in [0.29, 0.717) is 17.9 Å². The van der Waals surface area contributed by atoms with Gasteiger partial charge >= 0.3 is 0 Å². The minimum Gasteiger partial charge on any atom is -0.490 e. The van der Waals surface area contributed by atoms with E-state index in [1.807, 2.05) is 0 Å². The van der Waals surface area contributed by atoms with Crippen LogP contribution in [0.3, 0.4) is 0 Å². The number of benzene rings is 2. The van der Waals surface area contributed by atoms with E-state index in [1.54, 1.807) is 30.3 Å². The Kier molecular flexibility index (Phi) is 5.33. The lowest BCUT2D eigenvalue weighted by Crippen LogP contribution is -2.19. The van der Waals surface area contributed by atoms with Crippen molar-refractivity contribution in [1.29, 1.82) is 0 Å². The molecule has 1 N–H and O–H groups in total. The SMILES string of the molecule is O=C(Nc1cccc(Cl)c1F)c1ccccc1OCC1CCCO1. The highest BCUT2D eigenvalue weighted by atomic mass is 35.5. The molecule has 1 saturated heterocycles. The second-order valence-corrected chi connectivity index (χ2v) is 5.90. The molecule has 4 nitrogen and oxygen atoms in total. The molecule has 0 bridgehead atoms. The zero-order valence-electron chi connectivity index (χ0n) is 12.9. The van der Waals surface area contributed by atoms with Crippen molar-refractivity contribution in [3.8, 4) is 5.75 Å². The topological polar surface area (TPSA) is 47.6 Å². The van der Waals surface area contributed by atoms with Crippen LogP contribution in [0, 0.1) is 5.82 Å². The first-order chi connectivity index (χ1) is 11.6. The van der Waals surface area contributed by atoms with Gasteiger partial charge in [0.15, 0.2) is 5.82 Å². The van der Waals surface area contributed by atoms with Crippen LogP contribution in [0.2, 0.25) is 5.02 Å². The molecule has 1 heterocycles. The number of halogens is 2. The molecule has 1 atom stereocenters. The summed E-state index contributed by atoms with van der Waals surface area (Å²) < 4.78 is 25.2. The quantitative estimate of drug-likeness (QED) is 0.876. The Labute approximate surface area is 144 Å². The zero-order chi connectivity index (χ0) is 16.9. The average molecular weight is 350 g/mol. The number of ether oxygens (including phenoxy) is 2. The third-order valence-electron chi connectivity index (χ3n) is 3.78. The number of para-hydroxylation sites is 1. The summed E-state index contributed by atoms with van der Waals surface area (Å²) in [7, 11) is 0. The fourth-order valence-electron chi connectivity index (χ4n) is 2.53. The zero-order valence-corrected chi connectivity index (χ0v) is 13.7. The molecular weight excluding hydrogens is 333 g/mol. The maximum atomic E-state index is 13.9. The van der Waals surface area contributed by atoms with Crippen LogP contribution in [0.15, 0.2) is 42.5 Å². The molecule has 1 fully saturated rings. The molecule has 1 unspecified atom stereocenters. The van der Waals surface area contributed by atoms with Crippen LogP contribution >= 0.6 is 11.6 Å². The minimum atomic E-state index is -0.662. The molecule has 1 aliphatic rings. The van der Waals surface area contributed by atoms with Gasteiger partial charge in [0, 0.05) is 6.61 Å². The summed E-state index contributed by atoms with van der Waals surface area (Å²) in [5.41, 5.74) is 0.358. The molecule has 1 aliphatic heterocycles. The second-order valence-electron chi connectivity index (χ2n) is 5.50. The molecular formula is C18H17ClFNO3. The first-order valence-corrected chi connectivity index (χ1v) is 8.12. The molecule has 2 aromatic rings. The van der Waals surface area contributed by atoms with E-state index in [0.717, 1.165) is 19.4 Å². The highest BCUT2D eigenvalue weighted by Crippen LogP contribution is 2.25. The smallest absolute Gasteiger partial charge is 0.259 e. The molecule has 126 valence electrons. The monoisotopic (exact) mass is 349 g/mol. The van der Waals surface area contributed by atoms with E-state index < -0.39 is 11.7 Å². The number of hydrogen-bond acceptors (Lipinski definition) is 3. The minimum absolute atomic E-state index is 0.0291. The van der Waals surface area contributed by atoms with Crippen LogP contribution < -0.4 is 10.1 Å². The third-order valence-corrected chi connectivity index (χ3v) is 4.07. The largest absolute Gasteiger partial charge is 0.490 e. The van der Waals surface area contributed by atoms with Crippen molar-refractivity contribution in [3.63, 3.8) is 0 Å². The number of nitrogens with one attached hydrogen (secondary N) is 1. The number of amides is 1. The van der Waals surface area contributed by atoms with Crippen molar-refractivity contribution >= 4 is 23.2 Å². The summed E-state index contributed by atoms with van der Waals surface area (Å²) in [6.45, 7) is 1.13. The molecule has 0 aliphatic carbocycles. The summed E-state index contributed by atoms with van der Waals surface area (Å²) in [5.74, 6) is -0.683. The van der Waals surface area contributed by atoms with E-state index in [9.17, 15) is 9.18 Å². The molecule has 24 heavy (non-hydrogen) atoms. The van der Waals surface area contributed by atoms with Gasteiger partial charge in [0.1, 0.15) is 12.4 Å². The van der Waals surface area contributed by atoms with Crippen molar-refractivity contribution in [3.05, 3.63) is 58.9 Å². The van der Waals surface area contributed by atoms with E-state index in [2.05, 4.69) is 5.32 Å². The van der Waals surface area contributed by atoms with Gasteiger partial charge in [-0.25, -0.2) is 4.39 Å². The maximum absolute atomic E-state index is 13.9. The molecule has 0 aromatic heterocycles. The number of anilines is 1. The Morgan fingerprint density at radius 2 is 2.12 bits per heavy atom. The Morgan fingerprint density at radius 1 is 1.29 bits per heavy atom. The van der Waals surface area contributed by atoms with E-state index in [1.165, 1.54) is 12.1 Å². The summed E-state index contributed by atoms with van der Waals surface area (Å²) in [4.78, 5) is 12.5. The molecule has 1 amide bonds. The van der Waals surface area contributed by atoms with Crippen LogP contribution in [-0.2, 0) is 4.74 Å². The van der Waals surface area contributed by atoms with Crippen LogP contribution in [0.25, 0.3) is 0 Å². The van der Waals surface area contributed by atoms with Gasteiger partial charge in [-0.2, -0.15) is 0 Å². The van der Waals surface area contributed by atoms with Gasteiger partial charge in [-0.15, -0.1) is 0 Å². The number of rotatable bonds is 5. The molecule has 2 aromatic carbocycles. The molecule has 0 radical (unpaired) electrons. The predicted molar refractivity (Wildman–Crippen MR) is 90.3 cm³/mol. The van der Waals surface area contributed by atoms with Crippen molar-refractivity contribution in [2.45, 2.75) is 18.9 Å². The van der Waals surface area contributed by atoms with Gasteiger partial charge < -0.3 is 14.8 Å². The van der Waals surface area contributed by atoms with Crippen LogP contribution in [0.5, 0.6) is 5.75 Å². The Bertz CT molecular complexity index is 732. The summed E-state index contributed by atoms with van der Waals surface area (Å²) in [6, 6.07) is 11.3. The Morgan fingerprint density at radius 3 is 2.92 bits per heavy atom. The molecule has 0 saturated carbocycles. The lowest BCUT2D eigenvalue weighted by atomic mass is 10.1. The van der Waals surface area contributed by atoms with Gasteiger partial charge in [0.2, 0.25) is 0 Å². The highest BCUT2D eigenvalue weighted by molar-refractivity contribution is 6.31. The van der Waals surface area contributed by atoms with Gasteiger partial charge in [0.05, 0.1) is 22.4 Å². The van der Waals surface area contributed by atoms with Crippen molar-refractivity contribution in [1.82, 2.24) is 0 Å². The first-order valence-electron chi connectivity index (χ1n) is 7.74. The van der Waals surface area contributed by atoms with Crippen LogP contribution in [-0.4, -0.2) is 25.2 Å². The van der Waals surface area contributed by atoms with Gasteiger partial charge in [0.25, 0.3) is 5.91 Å². The normalized spacial score (nSPS) is 16.8. The average Bonchev–Trinajstić information content (AvgIpc) is 3.11. The highest BCUT2D eigenvalue weighted by Gasteiger charge is 2.19. The van der Waals surface area contributed by atoms with Crippen LogP contribution in [0.1, 0.15) is 23.2 Å². The van der Waals surface area contributed by atoms with E-state index in [-0.39, 0.29) is 16.8 Å². The maximum Gasteiger partial charge on any atom is 0.259 e. The summed E-state index contributed by atoms with van der Waals surface area (Å²) >= 11 is 5.73.